The fourth-order valence-electron chi connectivity index (χ4n) is 2.37. The summed E-state index contributed by atoms with van der Waals surface area (Å²) >= 11 is 0. The van der Waals surface area contributed by atoms with Gasteiger partial charge >= 0.3 is 0 Å². The van der Waals surface area contributed by atoms with Crippen LogP contribution in [0.25, 0.3) is 11.4 Å². The van der Waals surface area contributed by atoms with Crippen molar-refractivity contribution in [1.29, 1.82) is 0 Å². The van der Waals surface area contributed by atoms with Gasteiger partial charge in [-0.1, -0.05) is 6.07 Å². The van der Waals surface area contributed by atoms with Crippen LogP contribution in [-0.4, -0.2) is 21.3 Å². The van der Waals surface area contributed by atoms with Crippen molar-refractivity contribution >= 4 is 0 Å². The van der Waals surface area contributed by atoms with Gasteiger partial charge in [-0.15, -0.1) is 10.2 Å². The quantitative estimate of drug-likeness (QED) is 0.837. The molecular weight excluding hydrogens is 231 g/mol. The molecule has 2 aromatic rings. The molecule has 1 aromatic carbocycles. The van der Waals surface area contributed by atoms with Crippen LogP contribution in [0.4, 0.5) is 4.39 Å². The maximum Gasteiger partial charge on any atom is 0.164 e. The van der Waals surface area contributed by atoms with Crippen molar-refractivity contribution in [2.45, 2.75) is 26.4 Å². The van der Waals surface area contributed by atoms with Crippen molar-refractivity contribution in [3.63, 3.8) is 0 Å². The van der Waals surface area contributed by atoms with Crippen LogP contribution in [0.2, 0.25) is 0 Å². The topological polar surface area (TPSA) is 42.7 Å². The van der Waals surface area contributed by atoms with E-state index in [1.165, 1.54) is 12.1 Å². The Morgan fingerprint density at radius 1 is 1.39 bits per heavy atom. The molecule has 0 bridgehead atoms. The van der Waals surface area contributed by atoms with Crippen LogP contribution < -0.4 is 5.32 Å². The normalized spacial score (nSPS) is 18.7. The third-order valence-corrected chi connectivity index (χ3v) is 3.39. The number of hydrogen-bond donors (Lipinski definition) is 1. The second-order valence-electron chi connectivity index (χ2n) is 4.67. The van der Waals surface area contributed by atoms with Gasteiger partial charge in [0.15, 0.2) is 5.82 Å². The highest BCUT2D eigenvalue weighted by Crippen LogP contribution is 2.26. The molecule has 3 rings (SSSR count). The smallest absolute Gasteiger partial charge is 0.164 e. The van der Waals surface area contributed by atoms with Gasteiger partial charge in [-0.25, -0.2) is 4.39 Å². The van der Waals surface area contributed by atoms with Crippen LogP contribution in [0, 0.1) is 12.7 Å². The molecule has 5 heteroatoms. The third kappa shape index (κ3) is 1.71. The number of halogens is 1. The summed E-state index contributed by atoms with van der Waals surface area (Å²) in [5.74, 6) is 1.44. The third-order valence-electron chi connectivity index (χ3n) is 3.39. The van der Waals surface area contributed by atoms with Gasteiger partial charge in [0.2, 0.25) is 0 Å². The molecule has 0 saturated heterocycles. The fourth-order valence-corrected chi connectivity index (χ4v) is 2.37. The van der Waals surface area contributed by atoms with Gasteiger partial charge in [0.05, 0.1) is 6.04 Å². The second kappa shape index (κ2) is 4.17. The Morgan fingerprint density at radius 3 is 3.06 bits per heavy atom. The number of hydrogen-bond acceptors (Lipinski definition) is 3. The first-order chi connectivity index (χ1) is 8.66. The number of rotatable bonds is 1. The summed E-state index contributed by atoms with van der Waals surface area (Å²) in [4.78, 5) is 0. The molecule has 0 amide bonds. The Morgan fingerprint density at radius 2 is 2.22 bits per heavy atom. The summed E-state index contributed by atoms with van der Waals surface area (Å²) in [5, 5.41) is 11.8. The molecular formula is C13H15FN4. The summed E-state index contributed by atoms with van der Waals surface area (Å²) in [5.41, 5.74) is 1.83. The summed E-state index contributed by atoms with van der Waals surface area (Å²) in [7, 11) is 0. The molecule has 0 aliphatic carbocycles. The average Bonchev–Trinajstić information content (AvgIpc) is 2.77. The molecule has 0 radical (unpaired) electrons. The number of aromatic nitrogens is 3. The maximum atomic E-state index is 13.4. The Kier molecular flexibility index (Phi) is 2.63. The summed E-state index contributed by atoms with van der Waals surface area (Å²) in [6.45, 7) is 5.72. The predicted octanol–water partition coefficient (Wildman–Crippen LogP) is 2.06. The van der Waals surface area contributed by atoms with Crippen LogP contribution >= 0.6 is 0 Å². The molecule has 1 N–H and O–H groups in total. The van der Waals surface area contributed by atoms with E-state index in [1.807, 2.05) is 6.92 Å². The Hall–Kier alpha value is -1.75. The lowest BCUT2D eigenvalue weighted by Gasteiger charge is -2.22. The molecule has 0 fully saturated rings. The Labute approximate surface area is 105 Å². The molecule has 18 heavy (non-hydrogen) atoms. The largest absolute Gasteiger partial charge is 0.308 e. The number of nitrogens with one attached hydrogen (secondary N) is 1. The monoisotopic (exact) mass is 246 g/mol. The van der Waals surface area contributed by atoms with Gasteiger partial charge in [0, 0.05) is 18.7 Å². The molecule has 1 unspecified atom stereocenters. The first kappa shape index (κ1) is 11.3. The lowest BCUT2D eigenvalue weighted by atomic mass is 10.1. The SMILES string of the molecule is Cc1ccc(F)cc1-c1nnc2n1CCNC2C. The van der Waals surface area contributed by atoms with Crippen molar-refractivity contribution < 1.29 is 4.39 Å². The highest BCUT2D eigenvalue weighted by Gasteiger charge is 2.22. The molecule has 4 nitrogen and oxygen atoms in total. The molecule has 0 saturated carbocycles. The Bertz CT molecular complexity index is 591. The van der Waals surface area contributed by atoms with Crippen LogP contribution in [0.1, 0.15) is 24.4 Å². The van der Waals surface area contributed by atoms with E-state index in [0.717, 1.165) is 35.9 Å². The van der Waals surface area contributed by atoms with Crippen LogP contribution in [0.3, 0.4) is 0 Å². The van der Waals surface area contributed by atoms with Gasteiger partial charge < -0.3 is 9.88 Å². The van der Waals surface area contributed by atoms with E-state index in [0.29, 0.717) is 0 Å². The van der Waals surface area contributed by atoms with Crippen molar-refractivity contribution in [2.24, 2.45) is 0 Å². The molecule has 1 aliphatic rings. The van der Waals surface area contributed by atoms with Gasteiger partial charge in [0.1, 0.15) is 11.6 Å². The van der Waals surface area contributed by atoms with Crippen molar-refractivity contribution in [3.05, 3.63) is 35.4 Å². The number of nitrogens with zero attached hydrogens (tertiary/aromatic N) is 3. The summed E-state index contributed by atoms with van der Waals surface area (Å²) in [6, 6.07) is 4.96. The van der Waals surface area contributed by atoms with Crippen molar-refractivity contribution in [3.8, 4) is 11.4 Å². The zero-order chi connectivity index (χ0) is 12.7. The summed E-state index contributed by atoms with van der Waals surface area (Å²) in [6.07, 6.45) is 0. The molecule has 1 aromatic heterocycles. The average molecular weight is 246 g/mol. The maximum absolute atomic E-state index is 13.4. The van der Waals surface area contributed by atoms with Crippen LogP contribution in [-0.2, 0) is 6.54 Å². The van der Waals surface area contributed by atoms with Crippen LogP contribution in [0.5, 0.6) is 0 Å². The Balaban J connectivity index is 2.15. The van der Waals surface area contributed by atoms with Gasteiger partial charge in [0.25, 0.3) is 0 Å². The molecule has 0 spiro atoms. The van der Waals surface area contributed by atoms with E-state index in [4.69, 9.17) is 0 Å². The van der Waals surface area contributed by atoms with Crippen molar-refractivity contribution in [2.75, 3.05) is 6.54 Å². The fraction of sp³-hybridized carbons (Fsp3) is 0.385. The first-order valence-corrected chi connectivity index (χ1v) is 6.10. The predicted molar refractivity (Wildman–Crippen MR) is 66.6 cm³/mol. The van der Waals surface area contributed by atoms with Gasteiger partial charge in [-0.05, 0) is 31.5 Å². The number of aryl methyl sites for hydroxylation is 1. The minimum absolute atomic E-state index is 0.189. The van der Waals surface area contributed by atoms with E-state index in [1.54, 1.807) is 6.07 Å². The standard InChI is InChI=1S/C13H15FN4/c1-8-3-4-10(14)7-11(8)13-17-16-12-9(2)15-5-6-18(12)13/h3-4,7,9,15H,5-6H2,1-2H3. The minimum atomic E-state index is -0.241. The highest BCUT2D eigenvalue weighted by atomic mass is 19.1. The highest BCUT2D eigenvalue weighted by molar-refractivity contribution is 5.60. The van der Waals surface area contributed by atoms with E-state index >= 15 is 0 Å². The molecule has 1 atom stereocenters. The van der Waals surface area contributed by atoms with E-state index in [9.17, 15) is 4.39 Å². The number of fused-ring (bicyclic) bond motifs is 1. The van der Waals surface area contributed by atoms with Crippen molar-refractivity contribution in [1.82, 2.24) is 20.1 Å². The van der Waals surface area contributed by atoms with E-state index in [-0.39, 0.29) is 11.9 Å². The van der Waals surface area contributed by atoms with E-state index < -0.39 is 0 Å². The zero-order valence-corrected chi connectivity index (χ0v) is 10.4. The van der Waals surface area contributed by atoms with Crippen LogP contribution in [0.15, 0.2) is 18.2 Å². The molecule has 94 valence electrons. The summed E-state index contributed by atoms with van der Waals surface area (Å²) < 4.78 is 15.5. The van der Waals surface area contributed by atoms with Gasteiger partial charge in [-0.3, -0.25) is 0 Å². The molecule has 2 heterocycles. The lowest BCUT2D eigenvalue weighted by Crippen LogP contribution is -2.32. The second-order valence-corrected chi connectivity index (χ2v) is 4.67. The van der Waals surface area contributed by atoms with E-state index in [2.05, 4.69) is 27.0 Å². The number of benzene rings is 1. The minimum Gasteiger partial charge on any atom is -0.308 e. The first-order valence-electron chi connectivity index (χ1n) is 6.10. The zero-order valence-electron chi connectivity index (χ0n) is 10.4. The van der Waals surface area contributed by atoms with Gasteiger partial charge in [-0.2, -0.15) is 0 Å². The lowest BCUT2D eigenvalue weighted by molar-refractivity contribution is 0.439. The molecule has 1 aliphatic heterocycles.